The van der Waals surface area contributed by atoms with Crippen LogP contribution in [0.2, 0.25) is 0 Å². The van der Waals surface area contributed by atoms with Crippen molar-refractivity contribution in [2.75, 3.05) is 14.2 Å². The zero-order valence-corrected chi connectivity index (χ0v) is 11.9. The van der Waals surface area contributed by atoms with Gasteiger partial charge >= 0.3 is 5.97 Å². The minimum Gasteiger partial charge on any atom is -0.493 e. The topological polar surface area (TPSA) is 68.7 Å². The molecule has 106 valence electrons. The van der Waals surface area contributed by atoms with Crippen LogP contribution in [0.15, 0.2) is 24.3 Å². The number of fused-ring (bicyclic) bond motifs is 1. The van der Waals surface area contributed by atoms with Crippen molar-refractivity contribution < 1.29 is 19.4 Å². The first-order chi connectivity index (χ1) is 9.40. The highest BCUT2D eigenvalue weighted by atomic mass is 16.5. The standard InChI is InChI=1S/C15H17NO4/c1-15(2,14(17)18)13-6-5-9-7-11(19-3)12(20-4)8-10(9)16-13/h5-8H,1-4H3,(H,17,18). The monoisotopic (exact) mass is 275 g/mol. The number of carbonyl (C=O) groups is 1. The summed E-state index contributed by atoms with van der Waals surface area (Å²) >= 11 is 0. The summed E-state index contributed by atoms with van der Waals surface area (Å²) in [6.07, 6.45) is 0. The first-order valence-electron chi connectivity index (χ1n) is 6.17. The number of hydrogen-bond donors (Lipinski definition) is 1. The van der Waals surface area contributed by atoms with E-state index in [1.54, 1.807) is 40.2 Å². The summed E-state index contributed by atoms with van der Waals surface area (Å²) in [5.74, 6) is 0.273. The van der Waals surface area contributed by atoms with Crippen molar-refractivity contribution in [3.8, 4) is 11.5 Å². The van der Waals surface area contributed by atoms with Crippen molar-refractivity contribution >= 4 is 16.9 Å². The van der Waals surface area contributed by atoms with Crippen LogP contribution in [0.4, 0.5) is 0 Å². The quantitative estimate of drug-likeness (QED) is 0.928. The smallest absolute Gasteiger partial charge is 0.315 e. The Morgan fingerprint density at radius 2 is 1.75 bits per heavy atom. The van der Waals surface area contributed by atoms with Crippen LogP contribution in [0, 0.1) is 0 Å². The summed E-state index contributed by atoms with van der Waals surface area (Å²) in [5.41, 5.74) is 0.139. The number of carboxylic acid groups (broad SMARTS) is 1. The molecule has 1 heterocycles. The largest absolute Gasteiger partial charge is 0.493 e. The van der Waals surface area contributed by atoms with E-state index in [1.165, 1.54) is 0 Å². The Morgan fingerprint density at radius 3 is 2.30 bits per heavy atom. The maximum Gasteiger partial charge on any atom is 0.315 e. The second-order valence-corrected chi connectivity index (χ2v) is 5.03. The molecule has 0 radical (unpaired) electrons. The second kappa shape index (κ2) is 5.00. The average Bonchev–Trinajstić information content (AvgIpc) is 2.44. The molecule has 2 aromatic rings. The predicted molar refractivity (Wildman–Crippen MR) is 75.5 cm³/mol. The molecule has 0 unspecified atom stereocenters. The van der Waals surface area contributed by atoms with Crippen LogP contribution < -0.4 is 9.47 Å². The molecule has 0 saturated heterocycles. The number of ether oxygens (including phenoxy) is 2. The number of pyridine rings is 1. The summed E-state index contributed by atoms with van der Waals surface area (Å²) in [6, 6.07) is 7.13. The van der Waals surface area contributed by atoms with Crippen molar-refractivity contribution in [1.29, 1.82) is 0 Å². The third kappa shape index (κ3) is 2.27. The molecule has 0 atom stereocenters. The van der Waals surface area contributed by atoms with Gasteiger partial charge in [0.2, 0.25) is 0 Å². The van der Waals surface area contributed by atoms with E-state index in [4.69, 9.17) is 9.47 Å². The first-order valence-corrected chi connectivity index (χ1v) is 6.17. The fourth-order valence-electron chi connectivity index (χ4n) is 1.91. The van der Waals surface area contributed by atoms with Gasteiger partial charge in [-0.15, -0.1) is 0 Å². The van der Waals surface area contributed by atoms with Crippen LogP contribution in [0.5, 0.6) is 11.5 Å². The van der Waals surface area contributed by atoms with Gasteiger partial charge in [0.25, 0.3) is 0 Å². The molecule has 0 amide bonds. The highest BCUT2D eigenvalue weighted by Crippen LogP contribution is 2.32. The SMILES string of the molecule is COc1cc2ccc(C(C)(C)C(=O)O)nc2cc1OC. The number of benzene rings is 1. The van der Waals surface area contributed by atoms with E-state index in [9.17, 15) is 9.90 Å². The molecule has 0 bridgehead atoms. The van der Waals surface area contributed by atoms with Gasteiger partial charge in [0.15, 0.2) is 11.5 Å². The lowest BCUT2D eigenvalue weighted by molar-refractivity contribution is -0.142. The van der Waals surface area contributed by atoms with Gasteiger partial charge in [-0.2, -0.15) is 0 Å². The number of rotatable bonds is 4. The predicted octanol–water partition coefficient (Wildman–Crippen LogP) is 2.61. The van der Waals surface area contributed by atoms with Crippen molar-refractivity contribution in [3.63, 3.8) is 0 Å². The summed E-state index contributed by atoms with van der Waals surface area (Å²) in [7, 11) is 3.12. The van der Waals surface area contributed by atoms with Gasteiger partial charge in [0, 0.05) is 11.5 Å². The molecule has 2 rings (SSSR count). The van der Waals surface area contributed by atoms with Gasteiger partial charge in [-0.05, 0) is 26.0 Å². The number of hydrogen-bond acceptors (Lipinski definition) is 4. The van der Waals surface area contributed by atoms with Crippen molar-refractivity contribution in [2.45, 2.75) is 19.3 Å². The van der Waals surface area contributed by atoms with Crippen molar-refractivity contribution in [2.24, 2.45) is 0 Å². The van der Waals surface area contributed by atoms with Crippen LogP contribution in [0.3, 0.4) is 0 Å². The zero-order chi connectivity index (χ0) is 14.9. The molecule has 20 heavy (non-hydrogen) atoms. The third-order valence-corrected chi connectivity index (χ3v) is 3.37. The lowest BCUT2D eigenvalue weighted by Gasteiger charge is -2.19. The summed E-state index contributed by atoms with van der Waals surface area (Å²) in [6.45, 7) is 3.26. The maximum atomic E-state index is 11.3. The second-order valence-electron chi connectivity index (χ2n) is 5.03. The van der Waals surface area contributed by atoms with Crippen LogP contribution in [0.25, 0.3) is 10.9 Å². The molecule has 0 fully saturated rings. The lowest BCUT2D eigenvalue weighted by Crippen LogP contribution is -2.29. The van der Waals surface area contributed by atoms with Crippen LogP contribution in [0.1, 0.15) is 19.5 Å². The van der Waals surface area contributed by atoms with E-state index in [0.717, 1.165) is 5.39 Å². The van der Waals surface area contributed by atoms with Gasteiger partial charge in [-0.1, -0.05) is 6.07 Å². The van der Waals surface area contributed by atoms with E-state index >= 15 is 0 Å². The van der Waals surface area contributed by atoms with E-state index < -0.39 is 11.4 Å². The third-order valence-electron chi connectivity index (χ3n) is 3.37. The fraction of sp³-hybridized carbons (Fsp3) is 0.333. The summed E-state index contributed by atoms with van der Waals surface area (Å²) in [5, 5.41) is 10.1. The van der Waals surface area contributed by atoms with Crippen LogP contribution in [-0.4, -0.2) is 30.3 Å². The molecule has 1 aromatic carbocycles. The molecular formula is C15H17NO4. The molecule has 0 aliphatic heterocycles. The van der Waals surface area contributed by atoms with E-state index in [0.29, 0.717) is 22.7 Å². The fourth-order valence-corrected chi connectivity index (χ4v) is 1.91. The average molecular weight is 275 g/mol. The van der Waals surface area contributed by atoms with Crippen molar-refractivity contribution in [1.82, 2.24) is 4.98 Å². The zero-order valence-electron chi connectivity index (χ0n) is 11.9. The van der Waals surface area contributed by atoms with Crippen LogP contribution >= 0.6 is 0 Å². The van der Waals surface area contributed by atoms with Gasteiger partial charge in [-0.25, -0.2) is 0 Å². The molecule has 1 aromatic heterocycles. The minimum atomic E-state index is -1.04. The Balaban J connectivity index is 2.62. The minimum absolute atomic E-state index is 0.504. The number of methoxy groups -OCH3 is 2. The molecule has 0 saturated carbocycles. The normalized spacial score (nSPS) is 11.4. The first kappa shape index (κ1) is 14.1. The summed E-state index contributed by atoms with van der Waals surface area (Å²) in [4.78, 5) is 15.7. The number of aliphatic carboxylic acids is 1. The van der Waals surface area contributed by atoms with Gasteiger partial charge < -0.3 is 14.6 Å². The molecule has 0 spiro atoms. The lowest BCUT2D eigenvalue weighted by atomic mass is 9.88. The summed E-state index contributed by atoms with van der Waals surface area (Å²) < 4.78 is 10.5. The molecule has 0 aliphatic carbocycles. The van der Waals surface area contributed by atoms with E-state index in [2.05, 4.69) is 4.98 Å². The molecule has 1 N–H and O–H groups in total. The highest BCUT2D eigenvalue weighted by Gasteiger charge is 2.31. The van der Waals surface area contributed by atoms with Crippen LogP contribution in [-0.2, 0) is 10.2 Å². The number of aromatic nitrogens is 1. The van der Waals surface area contributed by atoms with Crippen molar-refractivity contribution in [3.05, 3.63) is 30.0 Å². The van der Waals surface area contributed by atoms with Gasteiger partial charge in [-0.3, -0.25) is 9.78 Å². The molecular weight excluding hydrogens is 258 g/mol. The molecule has 0 aliphatic rings. The van der Waals surface area contributed by atoms with Gasteiger partial charge in [0.05, 0.1) is 25.4 Å². The molecule has 5 nitrogen and oxygen atoms in total. The van der Waals surface area contributed by atoms with E-state index in [-0.39, 0.29) is 0 Å². The maximum absolute atomic E-state index is 11.3. The Morgan fingerprint density at radius 1 is 1.15 bits per heavy atom. The number of carboxylic acids is 1. The van der Waals surface area contributed by atoms with Gasteiger partial charge in [0.1, 0.15) is 5.41 Å². The van der Waals surface area contributed by atoms with E-state index in [1.807, 2.05) is 12.1 Å². The Labute approximate surface area is 117 Å². The Kier molecular flexibility index (Phi) is 3.53. The highest BCUT2D eigenvalue weighted by molar-refractivity contribution is 5.85. The number of nitrogens with zero attached hydrogens (tertiary/aromatic N) is 1. The Bertz CT molecular complexity index is 664. The molecule has 5 heteroatoms. The Hall–Kier alpha value is -2.30.